The third-order valence-electron chi connectivity index (χ3n) is 3.12. The molecule has 2 aromatic rings. The fraction of sp³-hybridized carbons (Fsp3) is 0.267. The molecule has 0 saturated heterocycles. The lowest BCUT2D eigenvalue weighted by molar-refractivity contribution is -0.145. The highest BCUT2D eigenvalue weighted by Gasteiger charge is 2.38. The Hall–Kier alpha value is -2.43. The summed E-state index contributed by atoms with van der Waals surface area (Å²) in [6.07, 6.45) is 4.67. The average Bonchev–Trinajstić information content (AvgIpc) is 2.49. The fourth-order valence-corrected chi connectivity index (χ4v) is 1.91. The number of aromatic nitrogens is 2. The molecule has 1 heterocycles. The SMILES string of the molecule is COC(=O)C(C)(Nc1ccc(C)cc1)c1cnccn1. The van der Waals surface area contributed by atoms with Gasteiger partial charge >= 0.3 is 5.97 Å². The number of esters is 1. The molecule has 5 nitrogen and oxygen atoms in total. The molecule has 20 heavy (non-hydrogen) atoms. The lowest BCUT2D eigenvalue weighted by Gasteiger charge is -2.28. The van der Waals surface area contributed by atoms with E-state index in [1.54, 1.807) is 25.5 Å². The van der Waals surface area contributed by atoms with Crippen LogP contribution in [0.15, 0.2) is 42.9 Å². The Labute approximate surface area is 118 Å². The number of benzene rings is 1. The summed E-state index contributed by atoms with van der Waals surface area (Å²) in [6.45, 7) is 3.73. The number of carbonyl (C=O) groups is 1. The van der Waals surface area contributed by atoms with E-state index in [9.17, 15) is 4.79 Å². The van der Waals surface area contributed by atoms with Gasteiger partial charge in [-0.2, -0.15) is 0 Å². The van der Waals surface area contributed by atoms with Crippen LogP contribution in [-0.2, 0) is 15.1 Å². The third-order valence-corrected chi connectivity index (χ3v) is 3.12. The zero-order chi connectivity index (χ0) is 14.6. The smallest absolute Gasteiger partial charge is 0.337 e. The van der Waals surface area contributed by atoms with Crippen molar-refractivity contribution in [2.45, 2.75) is 19.4 Å². The predicted molar refractivity (Wildman–Crippen MR) is 76.2 cm³/mol. The summed E-state index contributed by atoms with van der Waals surface area (Å²) in [4.78, 5) is 20.4. The lowest BCUT2D eigenvalue weighted by Crippen LogP contribution is -2.42. The van der Waals surface area contributed by atoms with Crippen molar-refractivity contribution in [1.82, 2.24) is 9.97 Å². The van der Waals surface area contributed by atoms with Gasteiger partial charge in [-0.3, -0.25) is 9.97 Å². The van der Waals surface area contributed by atoms with Gasteiger partial charge < -0.3 is 10.1 Å². The molecule has 0 fully saturated rings. The van der Waals surface area contributed by atoms with Gasteiger partial charge in [0.2, 0.25) is 0 Å². The Kier molecular flexibility index (Phi) is 3.98. The van der Waals surface area contributed by atoms with Crippen molar-refractivity contribution in [3.05, 3.63) is 54.1 Å². The lowest BCUT2D eigenvalue weighted by atomic mass is 9.97. The molecule has 1 atom stereocenters. The van der Waals surface area contributed by atoms with Gasteiger partial charge in [0.05, 0.1) is 19.0 Å². The van der Waals surface area contributed by atoms with Crippen LogP contribution in [-0.4, -0.2) is 23.0 Å². The van der Waals surface area contributed by atoms with E-state index in [0.717, 1.165) is 11.3 Å². The quantitative estimate of drug-likeness (QED) is 0.864. The van der Waals surface area contributed by atoms with Crippen molar-refractivity contribution in [1.29, 1.82) is 0 Å². The Bertz CT molecular complexity index is 584. The average molecular weight is 271 g/mol. The molecule has 104 valence electrons. The zero-order valence-electron chi connectivity index (χ0n) is 11.8. The maximum absolute atomic E-state index is 12.2. The molecular formula is C15H17N3O2. The minimum Gasteiger partial charge on any atom is -0.467 e. The number of rotatable bonds is 4. The van der Waals surface area contributed by atoms with E-state index >= 15 is 0 Å². The topological polar surface area (TPSA) is 64.1 Å². The van der Waals surface area contributed by atoms with Crippen LogP contribution in [0.1, 0.15) is 18.2 Å². The summed E-state index contributed by atoms with van der Waals surface area (Å²) in [5.74, 6) is -0.418. The number of hydrogen-bond acceptors (Lipinski definition) is 5. The highest BCUT2D eigenvalue weighted by Crippen LogP contribution is 2.25. The van der Waals surface area contributed by atoms with E-state index < -0.39 is 11.5 Å². The monoisotopic (exact) mass is 271 g/mol. The van der Waals surface area contributed by atoms with Crippen LogP contribution < -0.4 is 5.32 Å². The Morgan fingerprint density at radius 2 is 1.95 bits per heavy atom. The summed E-state index contributed by atoms with van der Waals surface area (Å²) in [7, 11) is 1.35. The van der Waals surface area contributed by atoms with Crippen molar-refractivity contribution < 1.29 is 9.53 Å². The molecule has 1 N–H and O–H groups in total. The van der Waals surface area contributed by atoms with Gasteiger partial charge in [0, 0.05) is 18.1 Å². The number of aryl methyl sites for hydroxylation is 1. The number of anilines is 1. The molecule has 0 aliphatic carbocycles. The van der Waals surface area contributed by atoms with Gasteiger partial charge in [-0.15, -0.1) is 0 Å². The highest BCUT2D eigenvalue weighted by molar-refractivity contribution is 5.85. The van der Waals surface area contributed by atoms with Gasteiger partial charge in [-0.1, -0.05) is 17.7 Å². The van der Waals surface area contributed by atoms with E-state index in [4.69, 9.17) is 4.74 Å². The number of carbonyl (C=O) groups excluding carboxylic acids is 1. The molecule has 1 unspecified atom stereocenters. The van der Waals surface area contributed by atoms with Gasteiger partial charge in [-0.05, 0) is 26.0 Å². The molecule has 0 aliphatic heterocycles. The highest BCUT2D eigenvalue weighted by atomic mass is 16.5. The molecule has 1 aromatic carbocycles. The van der Waals surface area contributed by atoms with Crippen molar-refractivity contribution in [3.63, 3.8) is 0 Å². The van der Waals surface area contributed by atoms with E-state index in [1.807, 2.05) is 31.2 Å². The molecule has 0 amide bonds. The number of nitrogens with one attached hydrogen (secondary N) is 1. The second-order valence-electron chi connectivity index (χ2n) is 4.70. The van der Waals surface area contributed by atoms with E-state index in [0.29, 0.717) is 5.69 Å². The first-order valence-corrected chi connectivity index (χ1v) is 6.26. The van der Waals surface area contributed by atoms with Gasteiger partial charge in [0.15, 0.2) is 5.54 Å². The van der Waals surface area contributed by atoms with Gasteiger partial charge in [-0.25, -0.2) is 4.79 Å². The van der Waals surface area contributed by atoms with Crippen LogP contribution in [0.3, 0.4) is 0 Å². The van der Waals surface area contributed by atoms with Crippen molar-refractivity contribution in [2.24, 2.45) is 0 Å². The zero-order valence-corrected chi connectivity index (χ0v) is 11.8. The van der Waals surface area contributed by atoms with E-state index in [1.165, 1.54) is 7.11 Å². The maximum Gasteiger partial charge on any atom is 0.337 e. The van der Waals surface area contributed by atoms with E-state index in [2.05, 4.69) is 15.3 Å². The molecule has 0 spiro atoms. The largest absolute Gasteiger partial charge is 0.467 e. The molecule has 0 bridgehead atoms. The number of ether oxygens (including phenoxy) is 1. The molecule has 2 rings (SSSR count). The Morgan fingerprint density at radius 3 is 2.50 bits per heavy atom. The first kappa shape index (κ1) is 14.0. The van der Waals surface area contributed by atoms with Gasteiger partial charge in [0.1, 0.15) is 0 Å². The van der Waals surface area contributed by atoms with Crippen LogP contribution >= 0.6 is 0 Å². The Balaban J connectivity index is 2.38. The number of nitrogens with zero attached hydrogens (tertiary/aromatic N) is 2. The van der Waals surface area contributed by atoms with Crippen LogP contribution in [0.25, 0.3) is 0 Å². The minimum absolute atomic E-state index is 0.418. The van der Waals surface area contributed by atoms with Crippen molar-refractivity contribution in [2.75, 3.05) is 12.4 Å². The summed E-state index contributed by atoms with van der Waals surface area (Å²) in [5, 5.41) is 3.17. The molecule has 0 aliphatic rings. The summed E-state index contributed by atoms with van der Waals surface area (Å²) in [6, 6.07) is 7.76. The van der Waals surface area contributed by atoms with Crippen LogP contribution in [0.2, 0.25) is 0 Å². The first-order chi connectivity index (χ1) is 9.56. The summed E-state index contributed by atoms with van der Waals surface area (Å²) in [5.41, 5.74) is 1.38. The van der Waals surface area contributed by atoms with Crippen LogP contribution in [0.5, 0.6) is 0 Å². The third kappa shape index (κ3) is 2.77. The second kappa shape index (κ2) is 5.69. The summed E-state index contributed by atoms with van der Waals surface area (Å²) < 4.78 is 4.90. The van der Waals surface area contributed by atoms with Crippen LogP contribution in [0, 0.1) is 6.92 Å². The van der Waals surface area contributed by atoms with Crippen molar-refractivity contribution in [3.8, 4) is 0 Å². The molecule has 0 saturated carbocycles. The van der Waals surface area contributed by atoms with Crippen molar-refractivity contribution >= 4 is 11.7 Å². The number of methoxy groups -OCH3 is 1. The van der Waals surface area contributed by atoms with E-state index in [-0.39, 0.29) is 0 Å². The number of hydrogen-bond donors (Lipinski definition) is 1. The first-order valence-electron chi connectivity index (χ1n) is 6.26. The maximum atomic E-state index is 12.2. The molecular weight excluding hydrogens is 254 g/mol. The fourth-order valence-electron chi connectivity index (χ4n) is 1.91. The summed E-state index contributed by atoms with van der Waals surface area (Å²) >= 11 is 0. The second-order valence-corrected chi connectivity index (χ2v) is 4.70. The molecule has 0 radical (unpaired) electrons. The molecule has 5 heteroatoms. The minimum atomic E-state index is -1.09. The predicted octanol–water partition coefficient (Wildman–Crippen LogP) is 2.29. The van der Waals surface area contributed by atoms with Crippen LogP contribution in [0.4, 0.5) is 5.69 Å². The molecule has 1 aromatic heterocycles. The Morgan fingerprint density at radius 1 is 1.25 bits per heavy atom. The standard InChI is InChI=1S/C15H17N3O2/c1-11-4-6-12(7-5-11)18-15(2,14(19)20-3)13-10-16-8-9-17-13/h4-10,18H,1-3H3. The normalized spacial score (nSPS) is 13.3. The van der Waals surface area contributed by atoms with Gasteiger partial charge in [0.25, 0.3) is 0 Å².